The molecule has 0 saturated heterocycles. The molecule has 2 rings (SSSR count). The number of methoxy groups -OCH3 is 1. The van der Waals surface area contributed by atoms with Crippen LogP contribution in [-0.2, 0) is 16.1 Å². The maximum atomic E-state index is 12.3. The summed E-state index contributed by atoms with van der Waals surface area (Å²) in [5, 5.41) is 2.65. The Morgan fingerprint density at radius 3 is 2.48 bits per heavy atom. The SMILES string of the molecule is COC(=O)C(CC(C)C)NC(=O)c1ccc(COc2ccccc2)o1. The van der Waals surface area contributed by atoms with Crippen molar-refractivity contribution in [3.63, 3.8) is 0 Å². The van der Waals surface area contributed by atoms with Crippen LogP contribution in [0.2, 0.25) is 0 Å². The average Bonchev–Trinajstić information content (AvgIpc) is 3.08. The van der Waals surface area contributed by atoms with Gasteiger partial charge >= 0.3 is 5.97 Å². The highest BCUT2D eigenvalue weighted by Crippen LogP contribution is 2.14. The number of para-hydroxylation sites is 1. The second-order valence-corrected chi connectivity index (χ2v) is 6.05. The molecule has 6 heteroatoms. The normalized spacial score (nSPS) is 11.8. The highest BCUT2D eigenvalue weighted by Gasteiger charge is 2.24. The number of carbonyl (C=O) groups is 2. The highest BCUT2D eigenvalue weighted by molar-refractivity contribution is 5.94. The predicted octanol–water partition coefficient (Wildman–Crippen LogP) is 3.18. The second-order valence-electron chi connectivity index (χ2n) is 6.05. The molecule has 0 aliphatic heterocycles. The summed E-state index contributed by atoms with van der Waals surface area (Å²) in [7, 11) is 1.30. The Hall–Kier alpha value is -2.76. The number of carbonyl (C=O) groups excluding carboxylic acids is 2. The first kappa shape index (κ1) is 18.6. The summed E-state index contributed by atoms with van der Waals surface area (Å²) in [6.07, 6.45) is 0.489. The van der Waals surface area contributed by atoms with Gasteiger partial charge in [-0.2, -0.15) is 0 Å². The van der Waals surface area contributed by atoms with Crippen molar-refractivity contribution < 1.29 is 23.5 Å². The number of ether oxygens (including phenoxy) is 2. The lowest BCUT2D eigenvalue weighted by molar-refractivity contribution is -0.143. The van der Waals surface area contributed by atoms with Crippen molar-refractivity contribution in [3.8, 4) is 5.75 Å². The first-order valence-electron chi connectivity index (χ1n) is 8.15. The lowest BCUT2D eigenvalue weighted by Gasteiger charge is -2.17. The van der Waals surface area contributed by atoms with Crippen LogP contribution in [0.3, 0.4) is 0 Å². The van der Waals surface area contributed by atoms with E-state index in [1.807, 2.05) is 44.2 Å². The molecule has 1 aromatic carbocycles. The number of nitrogens with one attached hydrogen (secondary N) is 1. The number of hydrogen-bond donors (Lipinski definition) is 1. The van der Waals surface area contributed by atoms with Crippen molar-refractivity contribution in [2.45, 2.75) is 32.9 Å². The molecule has 0 bridgehead atoms. The van der Waals surface area contributed by atoms with Crippen molar-refractivity contribution in [1.82, 2.24) is 5.32 Å². The van der Waals surface area contributed by atoms with Gasteiger partial charge in [0.05, 0.1) is 7.11 Å². The van der Waals surface area contributed by atoms with E-state index < -0.39 is 17.9 Å². The van der Waals surface area contributed by atoms with E-state index in [1.165, 1.54) is 7.11 Å². The van der Waals surface area contributed by atoms with E-state index in [1.54, 1.807) is 12.1 Å². The van der Waals surface area contributed by atoms with E-state index in [2.05, 4.69) is 5.32 Å². The predicted molar refractivity (Wildman–Crippen MR) is 92.2 cm³/mol. The van der Waals surface area contributed by atoms with E-state index in [0.29, 0.717) is 17.9 Å². The molecular weight excluding hydrogens is 322 g/mol. The van der Waals surface area contributed by atoms with Gasteiger partial charge in [0.15, 0.2) is 5.76 Å². The minimum Gasteiger partial charge on any atom is -0.486 e. The Balaban J connectivity index is 1.95. The van der Waals surface area contributed by atoms with Gasteiger partial charge in [0.25, 0.3) is 5.91 Å². The monoisotopic (exact) mass is 345 g/mol. The van der Waals surface area contributed by atoms with Crippen LogP contribution in [0, 0.1) is 5.92 Å². The van der Waals surface area contributed by atoms with Crippen LogP contribution in [0.15, 0.2) is 46.9 Å². The van der Waals surface area contributed by atoms with Crippen molar-refractivity contribution in [2.75, 3.05) is 7.11 Å². The standard InChI is InChI=1S/C19H23NO5/c1-13(2)11-16(19(22)23-3)20-18(21)17-10-9-15(25-17)12-24-14-7-5-4-6-8-14/h4-10,13,16H,11-12H2,1-3H3,(H,20,21). The van der Waals surface area contributed by atoms with Gasteiger partial charge in [-0.1, -0.05) is 32.0 Å². The molecule has 0 aliphatic carbocycles. The third kappa shape index (κ3) is 5.67. The van der Waals surface area contributed by atoms with Crippen LogP contribution in [0.1, 0.15) is 36.6 Å². The van der Waals surface area contributed by atoms with Crippen molar-refractivity contribution in [1.29, 1.82) is 0 Å². The molecule has 1 aromatic heterocycles. The molecule has 1 N–H and O–H groups in total. The van der Waals surface area contributed by atoms with Crippen molar-refractivity contribution in [3.05, 3.63) is 54.0 Å². The molecule has 1 atom stereocenters. The van der Waals surface area contributed by atoms with Gasteiger partial charge < -0.3 is 19.2 Å². The minimum atomic E-state index is -0.702. The Bertz CT molecular complexity index is 693. The van der Waals surface area contributed by atoms with Crippen LogP contribution >= 0.6 is 0 Å². The quantitative estimate of drug-likeness (QED) is 0.744. The van der Waals surface area contributed by atoms with Crippen LogP contribution in [0.4, 0.5) is 0 Å². The third-order valence-corrected chi connectivity index (χ3v) is 3.51. The molecule has 0 spiro atoms. The lowest BCUT2D eigenvalue weighted by atomic mass is 10.0. The molecule has 25 heavy (non-hydrogen) atoms. The number of hydrogen-bond acceptors (Lipinski definition) is 5. The van der Waals surface area contributed by atoms with E-state index in [-0.39, 0.29) is 18.3 Å². The van der Waals surface area contributed by atoms with E-state index in [9.17, 15) is 9.59 Å². The zero-order valence-corrected chi connectivity index (χ0v) is 14.7. The summed E-state index contributed by atoms with van der Waals surface area (Å²) in [4.78, 5) is 24.1. The zero-order chi connectivity index (χ0) is 18.2. The summed E-state index contributed by atoms with van der Waals surface area (Å²) < 4.78 is 15.8. The number of benzene rings is 1. The van der Waals surface area contributed by atoms with Gasteiger partial charge in [-0.3, -0.25) is 4.79 Å². The van der Waals surface area contributed by atoms with Gasteiger partial charge in [-0.25, -0.2) is 4.79 Å². The summed E-state index contributed by atoms with van der Waals surface area (Å²) in [5.41, 5.74) is 0. The maximum Gasteiger partial charge on any atom is 0.328 e. The van der Waals surface area contributed by atoms with Crippen LogP contribution in [0.25, 0.3) is 0 Å². The molecule has 1 heterocycles. The number of esters is 1. The molecule has 6 nitrogen and oxygen atoms in total. The molecule has 0 aliphatic rings. The molecule has 1 amide bonds. The average molecular weight is 345 g/mol. The number of amides is 1. The van der Waals surface area contributed by atoms with Gasteiger partial charge in [0.2, 0.25) is 0 Å². The fraction of sp³-hybridized carbons (Fsp3) is 0.368. The molecule has 0 saturated carbocycles. The lowest BCUT2D eigenvalue weighted by Crippen LogP contribution is -2.42. The number of rotatable bonds is 8. The fourth-order valence-electron chi connectivity index (χ4n) is 2.31. The maximum absolute atomic E-state index is 12.3. The van der Waals surface area contributed by atoms with Crippen molar-refractivity contribution in [2.24, 2.45) is 5.92 Å². The van der Waals surface area contributed by atoms with E-state index >= 15 is 0 Å². The largest absolute Gasteiger partial charge is 0.486 e. The smallest absolute Gasteiger partial charge is 0.328 e. The summed E-state index contributed by atoms with van der Waals surface area (Å²) in [6, 6.07) is 11.8. The molecule has 134 valence electrons. The van der Waals surface area contributed by atoms with Crippen molar-refractivity contribution >= 4 is 11.9 Å². The molecule has 1 unspecified atom stereocenters. The first-order valence-corrected chi connectivity index (χ1v) is 8.15. The first-order chi connectivity index (χ1) is 12.0. The van der Waals surface area contributed by atoms with Gasteiger partial charge in [-0.05, 0) is 36.6 Å². The zero-order valence-electron chi connectivity index (χ0n) is 14.7. The summed E-state index contributed by atoms with van der Waals surface area (Å²) in [6.45, 7) is 4.14. The third-order valence-electron chi connectivity index (χ3n) is 3.51. The Morgan fingerprint density at radius 2 is 1.84 bits per heavy atom. The Morgan fingerprint density at radius 1 is 1.12 bits per heavy atom. The van der Waals surface area contributed by atoms with E-state index in [4.69, 9.17) is 13.9 Å². The molecular formula is C19H23NO5. The van der Waals surface area contributed by atoms with Gasteiger partial charge in [0.1, 0.15) is 24.2 Å². The second kappa shape index (κ2) is 8.92. The topological polar surface area (TPSA) is 77.8 Å². The Kier molecular flexibility index (Phi) is 6.62. The summed E-state index contributed by atoms with van der Waals surface area (Å²) in [5.74, 6) is 0.670. The van der Waals surface area contributed by atoms with Crippen LogP contribution in [0.5, 0.6) is 5.75 Å². The fourth-order valence-corrected chi connectivity index (χ4v) is 2.31. The molecule has 0 fully saturated rings. The molecule has 0 radical (unpaired) electrons. The van der Waals surface area contributed by atoms with Crippen LogP contribution in [-0.4, -0.2) is 25.0 Å². The minimum absolute atomic E-state index is 0.129. The Labute approximate surface area is 147 Å². The van der Waals surface area contributed by atoms with Gasteiger partial charge in [0, 0.05) is 0 Å². The van der Waals surface area contributed by atoms with Crippen LogP contribution < -0.4 is 10.1 Å². The molecule has 2 aromatic rings. The number of furan rings is 1. The van der Waals surface area contributed by atoms with E-state index in [0.717, 1.165) is 0 Å². The summed E-state index contributed by atoms with van der Waals surface area (Å²) >= 11 is 0. The van der Waals surface area contributed by atoms with Gasteiger partial charge in [-0.15, -0.1) is 0 Å². The highest BCUT2D eigenvalue weighted by atomic mass is 16.5.